The van der Waals surface area contributed by atoms with Crippen LogP contribution in [0.2, 0.25) is 5.02 Å². The molecule has 2 aromatic rings. The summed E-state index contributed by atoms with van der Waals surface area (Å²) in [6.07, 6.45) is -0.688. The van der Waals surface area contributed by atoms with Crippen molar-refractivity contribution < 1.29 is 5.11 Å². The lowest BCUT2D eigenvalue weighted by Gasteiger charge is -2.22. The lowest BCUT2D eigenvalue weighted by atomic mass is 9.89. The zero-order valence-electron chi connectivity index (χ0n) is 10.6. The molecular formula is C15H14Br2ClNO. The molecule has 2 atom stereocenters. The van der Waals surface area contributed by atoms with Gasteiger partial charge in [0.15, 0.2) is 0 Å². The molecule has 0 aliphatic carbocycles. The van der Waals surface area contributed by atoms with Crippen LogP contribution >= 0.6 is 43.5 Å². The van der Waals surface area contributed by atoms with Crippen LogP contribution < -0.4 is 5.73 Å². The number of hydrogen-bond acceptors (Lipinski definition) is 2. The molecule has 2 rings (SSSR count). The number of rotatable bonds is 4. The molecular weight excluding hydrogens is 405 g/mol. The fourth-order valence-electron chi connectivity index (χ4n) is 2.09. The molecule has 0 fully saturated rings. The second kappa shape index (κ2) is 7.05. The van der Waals surface area contributed by atoms with Gasteiger partial charge in [0.1, 0.15) is 0 Å². The third-order valence-electron chi connectivity index (χ3n) is 3.22. The number of halogens is 3. The molecule has 2 unspecified atom stereocenters. The highest BCUT2D eigenvalue weighted by molar-refractivity contribution is 9.10. The topological polar surface area (TPSA) is 46.2 Å². The molecule has 0 heterocycles. The summed E-state index contributed by atoms with van der Waals surface area (Å²) in [6.45, 7) is 0.358. The number of hydrogen-bond donors (Lipinski definition) is 2. The van der Waals surface area contributed by atoms with Gasteiger partial charge in [0.25, 0.3) is 0 Å². The first kappa shape index (κ1) is 16.0. The van der Waals surface area contributed by atoms with Crippen molar-refractivity contribution in [2.24, 2.45) is 5.73 Å². The van der Waals surface area contributed by atoms with E-state index in [9.17, 15) is 5.11 Å². The van der Waals surface area contributed by atoms with E-state index >= 15 is 0 Å². The first-order chi connectivity index (χ1) is 9.52. The molecule has 0 bridgehead atoms. The van der Waals surface area contributed by atoms with Gasteiger partial charge in [0.05, 0.1) is 11.1 Å². The molecule has 0 aromatic heterocycles. The summed E-state index contributed by atoms with van der Waals surface area (Å²) < 4.78 is 1.81. The van der Waals surface area contributed by atoms with E-state index < -0.39 is 6.10 Å². The Morgan fingerprint density at radius 1 is 1.05 bits per heavy atom. The van der Waals surface area contributed by atoms with Crippen molar-refractivity contribution in [1.29, 1.82) is 0 Å². The summed E-state index contributed by atoms with van der Waals surface area (Å²) in [5.41, 5.74) is 7.60. The van der Waals surface area contributed by atoms with E-state index in [1.165, 1.54) is 0 Å². The Hall–Kier alpha value is -0.390. The quantitative estimate of drug-likeness (QED) is 0.758. The average Bonchev–Trinajstić information content (AvgIpc) is 2.44. The van der Waals surface area contributed by atoms with Crippen molar-refractivity contribution in [3.63, 3.8) is 0 Å². The number of aliphatic hydroxyl groups is 1. The average molecular weight is 420 g/mol. The van der Waals surface area contributed by atoms with Crippen molar-refractivity contribution in [3.8, 4) is 0 Å². The van der Waals surface area contributed by atoms with Crippen molar-refractivity contribution in [3.05, 3.63) is 67.6 Å². The summed E-state index contributed by atoms with van der Waals surface area (Å²) in [5.74, 6) is -0.166. The van der Waals surface area contributed by atoms with E-state index in [2.05, 4.69) is 31.9 Å². The van der Waals surface area contributed by atoms with Gasteiger partial charge < -0.3 is 10.8 Å². The first-order valence-corrected chi connectivity index (χ1v) is 8.08. The molecule has 0 radical (unpaired) electrons. The smallest absolute Gasteiger partial charge is 0.0871 e. The summed E-state index contributed by atoms with van der Waals surface area (Å²) in [5, 5.41) is 11.1. The van der Waals surface area contributed by atoms with Crippen LogP contribution in [0.3, 0.4) is 0 Å². The van der Waals surface area contributed by atoms with Crippen LogP contribution in [0.25, 0.3) is 0 Å². The van der Waals surface area contributed by atoms with Gasteiger partial charge in [-0.05, 0) is 51.3 Å². The van der Waals surface area contributed by atoms with Crippen molar-refractivity contribution in [2.45, 2.75) is 12.0 Å². The zero-order chi connectivity index (χ0) is 14.7. The van der Waals surface area contributed by atoms with Crippen molar-refractivity contribution in [2.75, 3.05) is 6.54 Å². The SMILES string of the molecule is NCC(c1ccc(Br)cc1)C(O)c1ccc(Br)c(Cl)c1. The Kier molecular flexibility index (Phi) is 5.64. The van der Waals surface area contributed by atoms with E-state index in [-0.39, 0.29) is 5.92 Å². The fraction of sp³-hybridized carbons (Fsp3) is 0.200. The monoisotopic (exact) mass is 417 g/mol. The summed E-state index contributed by atoms with van der Waals surface area (Å²) >= 11 is 12.8. The summed E-state index contributed by atoms with van der Waals surface area (Å²) in [4.78, 5) is 0. The summed E-state index contributed by atoms with van der Waals surface area (Å²) in [7, 11) is 0. The lowest BCUT2D eigenvalue weighted by Crippen LogP contribution is -2.20. The Balaban J connectivity index is 2.30. The molecule has 0 spiro atoms. The zero-order valence-corrected chi connectivity index (χ0v) is 14.5. The third-order valence-corrected chi connectivity index (χ3v) is 4.98. The fourth-order valence-corrected chi connectivity index (χ4v) is 2.79. The van der Waals surface area contributed by atoms with E-state index in [1.807, 2.05) is 36.4 Å². The predicted octanol–water partition coefficient (Wildman–Crippen LogP) is 4.64. The van der Waals surface area contributed by atoms with Gasteiger partial charge in [-0.25, -0.2) is 0 Å². The molecule has 2 aromatic carbocycles. The molecule has 0 saturated heterocycles. The minimum atomic E-state index is -0.688. The van der Waals surface area contributed by atoms with Gasteiger partial charge in [-0.1, -0.05) is 45.7 Å². The van der Waals surface area contributed by atoms with Crippen molar-refractivity contribution in [1.82, 2.24) is 0 Å². The third kappa shape index (κ3) is 3.62. The molecule has 0 aliphatic heterocycles. The standard InChI is InChI=1S/C15H14Br2ClNO/c16-11-4-1-9(2-5-11)12(8-19)15(20)10-3-6-13(17)14(18)7-10/h1-7,12,15,20H,8,19H2. The van der Waals surface area contributed by atoms with Gasteiger partial charge in [-0.15, -0.1) is 0 Å². The predicted molar refractivity (Wildman–Crippen MR) is 90.0 cm³/mol. The van der Waals surface area contributed by atoms with Gasteiger partial charge in [0, 0.05) is 21.4 Å². The molecule has 5 heteroatoms. The maximum atomic E-state index is 10.6. The van der Waals surface area contributed by atoms with Gasteiger partial charge in [0.2, 0.25) is 0 Å². The van der Waals surface area contributed by atoms with Gasteiger partial charge >= 0.3 is 0 Å². The lowest BCUT2D eigenvalue weighted by molar-refractivity contribution is 0.147. The second-order valence-corrected chi connectivity index (χ2v) is 6.69. The number of nitrogens with two attached hydrogens (primary N) is 1. The van der Waals surface area contributed by atoms with E-state index in [0.29, 0.717) is 11.6 Å². The Labute approximate surface area is 140 Å². The number of benzene rings is 2. The molecule has 20 heavy (non-hydrogen) atoms. The van der Waals surface area contributed by atoms with Crippen LogP contribution in [-0.2, 0) is 0 Å². The molecule has 3 N–H and O–H groups in total. The maximum Gasteiger partial charge on any atom is 0.0871 e. The van der Waals surface area contributed by atoms with E-state index in [4.69, 9.17) is 17.3 Å². The Morgan fingerprint density at radius 2 is 1.65 bits per heavy atom. The number of aliphatic hydroxyl groups excluding tert-OH is 1. The maximum absolute atomic E-state index is 10.6. The Bertz CT molecular complexity index is 589. The van der Waals surface area contributed by atoms with Crippen LogP contribution in [0.5, 0.6) is 0 Å². The highest BCUT2D eigenvalue weighted by Gasteiger charge is 2.22. The molecule has 0 amide bonds. The molecule has 2 nitrogen and oxygen atoms in total. The Morgan fingerprint density at radius 3 is 2.20 bits per heavy atom. The van der Waals surface area contributed by atoms with Gasteiger partial charge in [-0.3, -0.25) is 0 Å². The molecule has 106 valence electrons. The second-order valence-electron chi connectivity index (χ2n) is 4.51. The largest absolute Gasteiger partial charge is 0.388 e. The van der Waals surface area contributed by atoms with Crippen LogP contribution in [0, 0.1) is 0 Å². The minimum absolute atomic E-state index is 0.166. The van der Waals surface area contributed by atoms with Crippen LogP contribution in [0.1, 0.15) is 23.1 Å². The molecule has 0 aliphatic rings. The van der Waals surface area contributed by atoms with E-state index in [1.54, 1.807) is 6.07 Å². The van der Waals surface area contributed by atoms with Crippen LogP contribution in [0.4, 0.5) is 0 Å². The highest BCUT2D eigenvalue weighted by Crippen LogP contribution is 2.33. The molecule has 0 saturated carbocycles. The first-order valence-electron chi connectivity index (χ1n) is 6.11. The normalized spacial score (nSPS) is 14.1. The summed E-state index contributed by atoms with van der Waals surface area (Å²) in [6, 6.07) is 13.3. The van der Waals surface area contributed by atoms with Crippen LogP contribution in [-0.4, -0.2) is 11.7 Å². The minimum Gasteiger partial charge on any atom is -0.388 e. The van der Waals surface area contributed by atoms with Crippen LogP contribution in [0.15, 0.2) is 51.4 Å². The highest BCUT2D eigenvalue weighted by atomic mass is 79.9. The van der Waals surface area contributed by atoms with Crippen molar-refractivity contribution >= 4 is 43.5 Å². The van der Waals surface area contributed by atoms with E-state index in [0.717, 1.165) is 20.1 Å². The van der Waals surface area contributed by atoms with Gasteiger partial charge in [-0.2, -0.15) is 0 Å².